The van der Waals surface area contributed by atoms with Crippen LogP contribution in [-0.4, -0.2) is 40.4 Å². The summed E-state index contributed by atoms with van der Waals surface area (Å²) in [5, 5.41) is 10.7. The molecule has 7 nitrogen and oxygen atoms in total. The van der Waals surface area contributed by atoms with Gasteiger partial charge in [0.05, 0.1) is 13.1 Å². The third-order valence-corrected chi connectivity index (χ3v) is 4.19. The van der Waals surface area contributed by atoms with Crippen molar-refractivity contribution in [2.75, 3.05) is 13.6 Å². The second-order valence-electron chi connectivity index (χ2n) is 6.60. The molecule has 0 radical (unpaired) electrons. The molecule has 0 bridgehead atoms. The predicted molar refractivity (Wildman–Crippen MR) is 110 cm³/mol. The Bertz CT molecular complexity index is 911. The van der Waals surface area contributed by atoms with E-state index in [-0.39, 0.29) is 11.9 Å². The monoisotopic (exact) mass is 396 g/mol. The fourth-order valence-electron chi connectivity index (χ4n) is 2.77. The summed E-state index contributed by atoms with van der Waals surface area (Å²) in [5.41, 5.74) is 2.29. The van der Waals surface area contributed by atoms with Gasteiger partial charge in [0, 0.05) is 13.6 Å². The van der Waals surface area contributed by atoms with Crippen LogP contribution in [0.15, 0.2) is 66.2 Å². The fraction of sp³-hybridized carbons (Fsp3) is 0.286. The maximum Gasteiger partial charge on any atom is 0.191 e. The van der Waals surface area contributed by atoms with Gasteiger partial charge in [-0.3, -0.25) is 4.99 Å². The van der Waals surface area contributed by atoms with Gasteiger partial charge in [-0.25, -0.2) is 14.1 Å². The van der Waals surface area contributed by atoms with Crippen molar-refractivity contribution in [3.63, 3.8) is 0 Å². The number of aromatic nitrogens is 3. The van der Waals surface area contributed by atoms with Gasteiger partial charge in [-0.05, 0) is 42.3 Å². The molecular formula is C21H25FN6O. The van der Waals surface area contributed by atoms with E-state index in [0.29, 0.717) is 31.3 Å². The average Bonchev–Trinajstić information content (AvgIpc) is 3.23. The van der Waals surface area contributed by atoms with Gasteiger partial charge < -0.3 is 15.4 Å². The number of hydrogen-bond donors (Lipinski definition) is 2. The molecule has 152 valence electrons. The minimum atomic E-state index is -0.280. The van der Waals surface area contributed by atoms with Crippen LogP contribution in [-0.2, 0) is 13.1 Å². The summed E-state index contributed by atoms with van der Waals surface area (Å²) in [6.45, 7) is 3.82. The molecule has 8 heteroatoms. The Morgan fingerprint density at radius 3 is 2.69 bits per heavy atom. The highest BCUT2D eigenvalue weighted by Gasteiger charge is 2.06. The molecule has 0 saturated carbocycles. The molecular weight excluding hydrogens is 371 g/mol. The normalized spacial score (nSPS) is 12.4. The Morgan fingerprint density at radius 2 is 1.97 bits per heavy atom. The second-order valence-corrected chi connectivity index (χ2v) is 6.60. The van der Waals surface area contributed by atoms with Crippen LogP contribution in [0.3, 0.4) is 0 Å². The van der Waals surface area contributed by atoms with Crippen molar-refractivity contribution in [3.8, 4) is 5.75 Å². The topological polar surface area (TPSA) is 76.4 Å². The maximum atomic E-state index is 13.0. The number of hydrogen-bond acceptors (Lipinski definition) is 4. The Morgan fingerprint density at radius 1 is 1.17 bits per heavy atom. The van der Waals surface area contributed by atoms with Crippen LogP contribution in [0.4, 0.5) is 4.39 Å². The van der Waals surface area contributed by atoms with Crippen molar-refractivity contribution < 1.29 is 9.13 Å². The first kappa shape index (κ1) is 20.3. The van der Waals surface area contributed by atoms with Crippen LogP contribution >= 0.6 is 0 Å². The van der Waals surface area contributed by atoms with Gasteiger partial charge in [-0.2, -0.15) is 5.10 Å². The molecule has 0 aliphatic carbocycles. The average molecular weight is 396 g/mol. The molecule has 0 fully saturated rings. The van der Waals surface area contributed by atoms with E-state index in [1.807, 2.05) is 13.0 Å². The SMILES string of the molecule is CN=C(NCc1cccc(Cn2cncn2)c1)NCC(C)Oc1ccc(F)cc1. The van der Waals surface area contributed by atoms with E-state index in [9.17, 15) is 4.39 Å². The number of aliphatic imine (C=N–C) groups is 1. The molecule has 3 aromatic rings. The highest BCUT2D eigenvalue weighted by Crippen LogP contribution is 2.12. The number of halogens is 1. The Labute approximate surface area is 169 Å². The summed E-state index contributed by atoms with van der Waals surface area (Å²) in [7, 11) is 1.72. The van der Waals surface area contributed by atoms with Crippen LogP contribution in [0.5, 0.6) is 5.75 Å². The summed E-state index contributed by atoms with van der Waals surface area (Å²) in [6, 6.07) is 14.3. The Balaban J connectivity index is 1.46. The van der Waals surface area contributed by atoms with Crippen molar-refractivity contribution in [2.45, 2.75) is 26.1 Å². The largest absolute Gasteiger partial charge is 0.489 e. The number of nitrogens with zero attached hydrogens (tertiary/aromatic N) is 4. The molecule has 2 aromatic carbocycles. The quantitative estimate of drug-likeness (QED) is 0.452. The Kier molecular flexibility index (Phi) is 7.16. The van der Waals surface area contributed by atoms with E-state index in [1.54, 1.807) is 30.2 Å². The molecule has 0 amide bonds. The highest BCUT2D eigenvalue weighted by molar-refractivity contribution is 5.79. The second kappa shape index (κ2) is 10.2. The lowest BCUT2D eigenvalue weighted by atomic mass is 10.1. The lowest BCUT2D eigenvalue weighted by Gasteiger charge is -2.18. The maximum absolute atomic E-state index is 13.0. The first-order valence-electron chi connectivity index (χ1n) is 9.39. The zero-order chi connectivity index (χ0) is 20.5. The predicted octanol–water partition coefficient (Wildman–Crippen LogP) is 2.60. The van der Waals surface area contributed by atoms with E-state index in [1.165, 1.54) is 18.5 Å². The van der Waals surface area contributed by atoms with Gasteiger partial charge in [-0.15, -0.1) is 0 Å². The van der Waals surface area contributed by atoms with Gasteiger partial charge in [0.1, 0.15) is 30.3 Å². The van der Waals surface area contributed by atoms with Crippen molar-refractivity contribution >= 4 is 5.96 Å². The number of guanidine groups is 1. The summed E-state index contributed by atoms with van der Waals surface area (Å²) < 4.78 is 20.5. The van der Waals surface area contributed by atoms with E-state index >= 15 is 0 Å². The summed E-state index contributed by atoms with van der Waals surface area (Å²) in [4.78, 5) is 8.21. The van der Waals surface area contributed by atoms with Crippen molar-refractivity contribution in [2.24, 2.45) is 4.99 Å². The molecule has 2 N–H and O–H groups in total. The smallest absolute Gasteiger partial charge is 0.191 e. The molecule has 0 aliphatic heterocycles. The number of nitrogens with one attached hydrogen (secondary N) is 2. The lowest BCUT2D eigenvalue weighted by molar-refractivity contribution is 0.223. The molecule has 1 aromatic heterocycles. The van der Waals surface area contributed by atoms with Crippen LogP contribution in [0.25, 0.3) is 0 Å². The molecule has 1 atom stereocenters. The van der Waals surface area contributed by atoms with Crippen molar-refractivity contribution in [1.29, 1.82) is 0 Å². The van der Waals surface area contributed by atoms with E-state index in [0.717, 1.165) is 11.1 Å². The van der Waals surface area contributed by atoms with Gasteiger partial charge in [-0.1, -0.05) is 24.3 Å². The molecule has 1 unspecified atom stereocenters. The molecule has 29 heavy (non-hydrogen) atoms. The molecule has 1 heterocycles. The van der Waals surface area contributed by atoms with Gasteiger partial charge in [0.2, 0.25) is 0 Å². The molecule has 3 rings (SSSR count). The van der Waals surface area contributed by atoms with E-state index < -0.39 is 0 Å². The fourth-order valence-corrected chi connectivity index (χ4v) is 2.77. The van der Waals surface area contributed by atoms with Crippen LogP contribution in [0, 0.1) is 5.82 Å². The van der Waals surface area contributed by atoms with Crippen LogP contribution < -0.4 is 15.4 Å². The standard InChI is InChI=1S/C21H25FN6O/c1-16(29-20-8-6-19(22)7-9-20)11-25-21(23-2)26-12-17-4-3-5-18(10-17)13-28-15-24-14-27-28/h3-10,14-16H,11-13H2,1-2H3,(H2,23,25,26). The zero-order valence-corrected chi connectivity index (χ0v) is 16.5. The summed E-state index contributed by atoms with van der Waals surface area (Å²) >= 11 is 0. The van der Waals surface area contributed by atoms with Crippen LogP contribution in [0.1, 0.15) is 18.1 Å². The van der Waals surface area contributed by atoms with Crippen LogP contribution in [0.2, 0.25) is 0 Å². The summed E-state index contributed by atoms with van der Waals surface area (Å²) in [5.74, 6) is 1.03. The van der Waals surface area contributed by atoms with Crippen molar-refractivity contribution in [1.82, 2.24) is 25.4 Å². The minimum absolute atomic E-state index is 0.106. The zero-order valence-electron chi connectivity index (χ0n) is 16.5. The first-order chi connectivity index (χ1) is 14.1. The number of rotatable bonds is 8. The molecule has 0 spiro atoms. The van der Waals surface area contributed by atoms with E-state index in [4.69, 9.17) is 4.74 Å². The molecule has 0 saturated heterocycles. The minimum Gasteiger partial charge on any atom is -0.489 e. The lowest BCUT2D eigenvalue weighted by Crippen LogP contribution is -2.41. The molecule has 0 aliphatic rings. The third kappa shape index (κ3) is 6.60. The van der Waals surface area contributed by atoms with Gasteiger partial charge in [0.15, 0.2) is 5.96 Å². The first-order valence-corrected chi connectivity index (χ1v) is 9.39. The van der Waals surface area contributed by atoms with Gasteiger partial charge in [0.25, 0.3) is 0 Å². The number of benzene rings is 2. The van der Waals surface area contributed by atoms with Crippen molar-refractivity contribution in [3.05, 3.63) is 78.1 Å². The summed E-state index contributed by atoms with van der Waals surface area (Å²) in [6.07, 6.45) is 3.12. The van der Waals surface area contributed by atoms with Gasteiger partial charge >= 0.3 is 0 Å². The number of ether oxygens (including phenoxy) is 1. The third-order valence-electron chi connectivity index (χ3n) is 4.19. The van der Waals surface area contributed by atoms with E-state index in [2.05, 4.69) is 43.9 Å². The Hall–Kier alpha value is -3.42. The highest BCUT2D eigenvalue weighted by atomic mass is 19.1.